The fourth-order valence-corrected chi connectivity index (χ4v) is 4.51. The molecule has 4 rings (SSSR count). The summed E-state index contributed by atoms with van der Waals surface area (Å²) in [7, 11) is 0. The average Bonchev–Trinajstić information content (AvgIpc) is 3.28. The van der Waals surface area contributed by atoms with Crippen LogP contribution in [0.5, 0.6) is 0 Å². The van der Waals surface area contributed by atoms with Gasteiger partial charge in [-0.2, -0.15) is 0 Å². The van der Waals surface area contributed by atoms with Crippen molar-refractivity contribution in [2.75, 3.05) is 36.4 Å². The standard InChI is InChI=1S/C23H24BrF2N3O2/c24-17-5-3-16(4-6-17)23(31)29-11-7-15(8-12-29)22(30)27-18-13-19(25)21(20(26)14-18)28-9-1-2-10-28/h3-6,13-15H,1-2,7-12H2,(H,27,30). The number of hydrogen-bond donors (Lipinski definition) is 1. The molecule has 2 aliphatic heterocycles. The molecule has 8 heteroatoms. The fraction of sp³-hybridized carbons (Fsp3) is 0.391. The summed E-state index contributed by atoms with van der Waals surface area (Å²) in [5.41, 5.74) is 0.710. The van der Waals surface area contributed by atoms with Gasteiger partial charge in [0.05, 0.1) is 0 Å². The predicted octanol–water partition coefficient (Wildman–Crippen LogP) is 4.82. The Morgan fingerprint density at radius 3 is 2.10 bits per heavy atom. The number of amides is 2. The number of hydrogen-bond acceptors (Lipinski definition) is 3. The Hall–Kier alpha value is -2.48. The lowest BCUT2D eigenvalue weighted by molar-refractivity contribution is -0.121. The molecule has 2 aliphatic rings. The Morgan fingerprint density at radius 2 is 1.52 bits per heavy atom. The van der Waals surface area contributed by atoms with Gasteiger partial charge in [0, 0.05) is 47.8 Å². The van der Waals surface area contributed by atoms with E-state index < -0.39 is 11.6 Å². The molecule has 2 aromatic rings. The maximum absolute atomic E-state index is 14.5. The Balaban J connectivity index is 1.35. The number of nitrogens with one attached hydrogen (secondary N) is 1. The SMILES string of the molecule is O=C(Nc1cc(F)c(N2CCCC2)c(F)c1)C1CCN(C(=O)c2ccc(Br)cc2)CC1. The maximum atomic E-state index is 14.5. The summed E-state index contributed by atoms with van der Waals surface area (Å²) in [4.78, 5) is 28.7. The second kappa shape index (κ2) is 9.34. The van der Waals surface area contributed by atoms with Crippen molar-refractivity contribution in [2.45, 2.75) is 25.7 Å². The van der Waals surface area contributed by atoms with E-state index in [1.807, 2.05) is 12.1 Å². The van der Waals surface area contributed by atoms with Gasteiger partial charge in [-0.15, -0.1) is 0 Å². The van der Waals surface area contributed by atoms with Crippen LogP contribution < -0.4 is 10.2 Å². The van der Waals surface area contributed by atoms with E-state index in [9.17, 15) is 18.4 Å². The molecule has 0 saturated carbocycles. The van der Waals surface area contributed by atoms with Gasteiger partial charge < -0.3 is 15.1 Å². The Kier molecular flexibility index (Phi) is 6.55. The molecular weight excluding hydrogens is 468 g/mol. The summed E-state index contributed by atoms with van der Waals surface area (Å²) in [6.07, 6.45) is 2.84. The van der Waals surface area contributed by atoms with Crippen molar-refractivity contribution in [1.29, 1.82) is 0 Å². The number of anilines is 2. The molecule has 164 valence electrons. The number of carbonyl (C=O) groups is 2. The number of nitrogens with zero attached hydrogens (tertiary/aromatic N) is 2. The first-order valence-corrected chi connectivity index (χ1v) is 11.3. The van der Waals surface area contributed by atoms with Gasteiger partial charge in [0.2, 0.25) is 5.91 Å². The molecule has 2 heterocycles. The Bertz CT molecular complexity index is 946. The van der Waals surface area contributed by atoms with Crippen LogP contribution in [0, 0.1) is 17.6 Å². The molecule has 0 spiro atoms. The van der Waals surface area contributed by atoms with Gasteiger partial charge in [-0.25, -0.2) is 8.78 Å². The largest absolute Gasteiger partial charge is 0.367 e. The highest BCUT2D eigenvalue weighted by Crippen LogP contribution is 2.30. The van der Waals surface area contributed by atoms with Crippen LogP contribution in [0.2, 0.25) is 0 Å². The molecular formula is C23H24BrF2N3O2. The molecule has 0 atom stereocenters. The lowest BCUT2D eigenvalue weighted by Crippen LogP contribution is -2.41. The van der Waals surface area contributed by atoms with Gasteiger partial charge in [0.15, 0.2) is 11.6 Å². The highest BCUT2D eigenvalue weighted by Gasteiger charge is 2.28. The van der Waals surface area contributed by atoms with Crippen LogP contribution in [0.25, 0.3) is 0 Å². The molecule has 0 radical (unpaired) electrons. The van der Waals surface area contributed by atoms with E-state index in [1.165, 1.54) is 12.1 Å². The third-order valence-electron chi connectivity index (χ3n) is 5.95. The van der Waals surface area contributed by atoms with Gasteiger partial charge in [-0.3, -0.25) is 9.59 Å². The molecule has 0 unspecified atom stereocenters. The Labute approximate surface area is 188 Å². The topological polar surface area (TPSA) is 52.7 Å². The maximum Gasteiger partial charge on any atom is 0.253 e. The number of piperidine rings is 1. The van der Waals surface area contributed by atoms with Crippen LogP contribution in [0.1, 0.15) is 36.0 Å². The van der Waals surface area contributed by atoms with Gasteiger partial charge >= 0.3 is 0 Å². The second-order valence-electron chi connectivity index (χ2n) is 8.05. The molecule has 0 bridgehead atoms. The highest BCUT2D eigenvalue weighted by molar-refractivity contribution is 9.10. The molecule has 2 aromatic carbocycles. The van der Waals surface area contributed by atoms with Crippen molar-refractivity contribution >= 4 is 39.1 Å². The third kappa shape index (κ3) is 4.89. The molecule has 0 aromatic heterocycles. The van der Waals surface area contributed by atoms with Crippen LogP contribution in [0.4, 0.5) is 20.2 Å². The van der Waals surface area contributed by atoms with E-state index in [4.69, 9.17) is 0 Å². The average molecular weight is 492 g/mol. The van der Waals surface area contributed by atoms with Crippen molar-refractivity contribution in [3.63, 3.8) is 0 Å². The number of halogens is 3. The zero-order valence-electron chi connectivity index (χ0n) is 17.0. The minimum atomic E-state index is -0.660. The van der Waals surface area contributed by atoms with Gasteiger partial charge in [-0.05, 0) is 62.1 Å². The number of carbonyl (C=O) groups excluding carboxylic acids is 2. The predicted molar refractivity (Wildman–Crippen MR) is 119 cm³/mol. The van der Waals surface area contributed by atoms with Crippen LogP contribution in [-0.4, -0.2) is 42.9 Å². The summed E-state index contributed by atoms with van der Waals surface area (Å²) in [5, 5.41) is 2.65. The van der Waals surface area contributed by atoms with Crippen molar-refractivity contribution in [3.05, 3.63) is 58.1 Å². The van der Waals surface area contributed by atoms with Crippen LogP contribution in [-0.2, 0) is 4.79 Å². The Morgan fingerprint density at radius 1 is 0.935 bits per heavy atom. The molecule has 5 nitrogen and oxygen atoms in total. The second-order valence-corrected chi connectivity index (χ2v) is 8.96. The minimum absolute atomic E-state index is 0.0183. The van der Waals surface area contributed by atoms with Crippen molar-refractivity contribution in [1.82, 2.24) is 4.90 Å². The first-order chi connectivity index (χ1) is 14.9. The van der Waals surface area contributed by atoms with E-state index in [1.54, 1.807) is 21.9 Å². The normalized spacial score (nSPS) is 17.1. The molecule has 2 saturated heterocycles. The number of benzene rings is 2. The fourth-order valence-electron chi connectivity index (χ4n) is 4.24. The van der Waals surface area contributed by atoms with Crippen molar-refractivity contribution in [3.8, 4) is 0 Å². The summed E-state index contributed by atoms with van der Waals surface area (Å²) in [6, 6.07) is 9.53. The van der Waals surface area contributed by atoms with Crippen LogP contribution in [0.3, 0.4) is 0 Å². The zero-order valence-corrected chi connectivity index (χ0v) is 18.6. The van der Waals surface area contributed by atoms with E-state index in [0.717, 1.165) is 17.3 Å². The summed E-state index contributed by atoms with van der Waals surface area (Å²) in [6.45, 7) is 2.20. The molecule has 31 heavy (non-hydrogen) atoms. The van der Waals surface area contributed by atoms with E-state index in [0.29, 0.717) is 44.6 Å². The highest BCUT2D eigenvalue weighted by atomic mass is 79.9. The molecule has 2 amide bonds. The van der Waals surface area contributed by atoms with Crippen molar-refractivity contribution < 1.29 is 18.4 Å². The van der Waals surface area contributed by atoms with Gasteiger partial charge in [0.1, 0.15) is 5.69 Å². The van der Waals surface area contributed by atoms with E-state index >= 15 is 0 Å². The minimum Gasteiger partial charge on any atom is -0.367 e. The van der Waals surface area contributed by atoms with Gasteiger partial charge in [-0.1, -0.05) is 15.9 Å². The number of rotatable bonds is 4. The molecule has 2 fully saturated rings. The summed E-state index contributed by atoms with van der Waals surface area (Å²) >= 11 is 3.35. The van der Waals surface area contributed by atoms with Crippen molar-refractivity contribution in [2.24, 2.45) is 5.92 Å². The third-order valence-corrected chi connectivity index (χ3v) is 6.48. The zero-order chi connectivity index (χ0) is 22.0. The summed E-state index contributed by atoms with van der Waals surface area (Å²) < 4.78 is 29.9. The van der Waals surface area contributed by atoms with Crippen LogP contribution >= 0.6 is 15.9 Å². The summed E-state index contributed by atoms with van der Waals surface area (Å²) in [5.74, 6) is -1.96. The van der Waals surface area contributed by atoms with Gasteiger partial charge in [0.25, 0.3) is 5.91 Å². The lowest BCUT2D eigenvalue weighted by Gasteiger charge is -2.31. The first kappa shape index (κ1) is 21.7. The monoisotopic (exact) mass is 491 g/mol. The smallest absolute Gasteiger partial charge is 0.253 e. The molecule has 1 N–H and O–H groups in total. The van der Waals surface area contributed by atoms with Crippen LogP contribution in [0.15, 0.2) is 40.9 Å². The van der Waals surface area contributed by atoms with E-state index in [-0.39, 0.29) is 29.1 Å². The first-order valence-electron chi connectivity index (χ1n) is 10.5. The number of likely N-dealkylation sites (tertiary alicyclic amines) is 1. The molecule has 0 aliphatic carbocycles. The lowest BCUT2D eigenvalue weighted by atomic mass is 9.95. The quantitative estimate of drug-likeness (QED) is 0.666. The van der Waals surface area contributed by atoms with E-state index in [2.05, 4.69) is 21.2 Å².